The van der Waals surface area contributed by atoms with E-state index in [1.54, 1.807) is 42.3 Å². The van der Waals surface area contributed by atoms with Crippen LogP contribution in [-0.2, 0) is 6.42 Å². The maximum Gasteiger partial charge on any atom is 0.323 e. The highest BCUT2D eigenvalue weighted by molar-refractivity contribution is 6.04. The van der Waals surface area contributed by atoms with Gasteiger partial charge < -0.3 is 14.9 Å². The Morgan fingerprint density at radius 2 is 1.87 bits per heavy atom. The number of nitrogens with zero attached hydrogens (tertiary/aromatic N) is 1. The maximum absolute atomic E-state index is 12.9. The second-order valence-electron chi connectivity index (χ2n) is 5.41. The summed E-state index contributed by atoms with van der Waals surface area (Å²) in [7, 11) is 1.70. The average molecular weight is 313 g/mol. The minimum atomic E-state index is -0.339. The predicted octanol–water partition coefficient (Wildman–Crippen LogP) is 2.31. The molecule has 1 aromatic heterocycles. The van der Waals surface area contributed by atoms with Crippen LogP contribution in [0.3, 0.4) is 0 Å². The molecular formula is C17H16FN3O2. The maximum atomic E-state index is 12.9. The molecule has 5 nitrogen and oxygen atoms in total. The van der Waals surface area contributed by atoms with Gasteiger partial charge in [-0.3, -0.25) is 4.79 Å². The number of rotatable bonds is 4. The fourth-order valence-electron chi connectivity index (χ4n) is 2.49. The zero-order valence-electron chi connectivity index (χ0n) is 12.6. The fourth-order valence-corrected chi connectivity index (χ4v) is 2.49. The Kier molecular flexibility index (Phi) is 3.97. The average Bonchev–Trinajstić information content (AvgIpc) is 2.93. The number of carbonyl (C=O) groups is 1. The molecule has 1 amide bonds. The van der Waals surface area contributed by atoms with Crippen molar-refractivity contribution >= 4 is 16.9 Å². The van der Waals surface area contributed by atoms with E-state index in [0.29, 0.717) is 29.6 Å². The van der Waals surface area contributed by atoms with E-state index >= 15 is 0 Å². The standard InChI is InChI=1S/C17H16FN3O2/c1-21(10-9-11-5-7-12(18)8-6-11)16(22)13-3-2-4-14-15(13)20-17(23)19-14/h2-8H,9-10H2,1H3,(H2,19,20,23). The molecule has 0 unspecified atom stereocenters. The topological polar surface area (TPSA) is 69.0 Å². The van der Waals surface area contributed by atoms with Crippen molar-refractivity contribution in [3.05, 3.63) is 69.9 Å². The molecule has 1 heterocycles. The molecule has 0 aliphatic carbocycles. The summed E-state index contributed by atoms with van der Waals surface area (Å²) in [5.41, 5.74) is 2.18. The van der Waals surface area contributed by atoms with Crippen molar-refractivity contribution in [2.75, 3.05) is 13.6 Å². The molecule has 118 valence electrons. The number of carbonyl (C=O) groups excluding carboxylic acids is 1. The van der Waals surface area contributed by atoms with E-state index in [9.17, 15) is 14.0 Å². The third-order valence-electron chi connectivity index (χ3n) is 3.78. The molecule has 0 bridgehead atoms. The van der Waals surface area contributed by atoms with E-state index in [1.807, 2.05) is 0 Å². The number of likely N-dealkylation sites (N-methyl/N-ethyl adjacent to an activating group) is 1. The Labute approximate surface area is 131 Å². The number of aromatic nitrogens is 2. The quantitative estimate of drug-likeness (QED) is 0.776. The summed E-state index contributed by atoms with van der Waals surface area (Å²) in [5.74, 6) is -0.450. The summed E-state index contributed by atoms with van der Waals surface area (Å²) in [4.78, 5) is 30.8. The third kappa shape index (κ3) is 3.15. The molecule has 6 heteroatoms. The molecule has 0 aliphatic rings. The lowest BCUT2D eigenvalue weighted by atomic mass is 10.1. The van der Waals surface area contributed by atoms with Crippen molar-refractivity contribution in [1.29, 1.82) is 0 Å². The molecule has 3 aromatic rings. The zero-order valence-corrected chi connectivity index (χ0v) is 12.6. The lowest BCUT2D eigenvalue weighted by Gasteiger charge is -2.17. The van der Waals surface area contributed by atoms with E-state index < -0.39 is 0 Å². The number of halogens is 1. The first-order valence-electron chi connectivity index (χ1n) is 7.25. The van der Waals surface area contributed by atoms with Crippen molar-refractivity contribution in [3.63, 3.8) is 0 Å². The van der Waals surface area contributed by atoms with E-state index in [-0.39, 0.29) is 17.4 Å². The van der Waals surface area contributed by atoms with E-state index in [4.69, 9.17) is 0 Å². The monoisotopic (exact) mass is 313 g/mol. The van der Waals surface area contributed by atoms with Gasteiger partial charge in [0.2, 0.25) is 0 Å². The van der Waals surface area contributed by atoms with Crippen molar-refractivity contribution in [2.45, 2.75) is 6.42 Å². The molecule has 0 atom stereocenters. The van der Waals surface area contributed by atoms with Crippen LogP contribution in [0, 0.1) is 5.82 Å². The smallest absolute Gasteiger partial charge is 0.323 e. The van der Waals surface area contributed by atoms with Gasteiger partial charge in [0.25, 0.3) is 5.91 Å². The molecule has 2 N–H and O–H groups in total. The minimum absolute atomic E-state index is 0.173. The number of para-hydroxylation sites is 1. The molecule has 0 radical (unpaired) electrons. The van der Waals surface area contributed by atoms with Crippen molar-refractivity contribution in [3.8, 4) is 0 Å². The molecule has 0 saturated heterocycles. The van der Waals surface area contributed by atoms with Crippen molar-refractivity contribution < 1.29 is 9.18 Å². The van der Waals surface area contributed by atoms with Gasteiger partial charge in [-0.2, -0.15) is 0 Å². The summed E-state index contributed by atoms with van der Waals surface area (Å²) in [6.07, 6.45) is 0.627. The summed E-state index contributed by atoms with van der Waals surface area (Å²) in [6, 6.07) is 11.4. The molecular weight excluding hydrogens is 297 g/mol. The number of H-pyrrole nitrogens is 2. The summed E-state index contributed by atoms with van der Waals surface area (Å²) in [6.45, 7) is 0.496. The number of fused-ring (bicyclic) bond motifs is 1. The molecule has 0 aliphatic heterocycles. The van der Waals surface area contributed by atoms with Gasteiger partial charge in [-0.1, -0.05) is 18.2 Å². The van der Waals surface area contributed by atoms with Crippen LogP contribution in [0.4, 0.5) is 4.39 Å². The molecule has 0 spiro atoms. The van der Waals surface area contributed by atoms with E-state index in [2.05, 4.69) is 9.97 Å². The lowest BCUT2D eigenvalue weighted by molar-refractivity contribution is 0.0798. The zero-order chi connectivity index (χ0) is 16.4. The Bertz CT molecular complexity index is 896. The van der Waals surface area contributed by atoms with Crippen LogP contribution in [0.15, 0.2) is 47.3 Å². The molecule has 0 fully saturated rings. The predicted molar refractivity (Wildman–Crippen MR) is 86.0 cm³/mol. The van der Waals surface area contributed by atoms with Gasteiger partial charge in [0, 0.05) is 13.6 Å². The fraction of sp³-hybridized carbons (Fsp3) is 0.176. The van der Waals surface area contributed by atoms with Crippen LogP contribution in [0.1, 0.15) is 15.9 Å². The second-order valence-corrected chi connectivity index (χ2v) is 5.41. The van der Waals surface area contributed by atoms with Crippen LogP contribution in [0.2, 0.25) is 0 Å². The highest BCUT2D eigenvalue weighted by Gasteiger charge is 2.16. The van der Waals surface area contributed by atoms with Crippen LogP contribution < -0.4 is 5.69 Å². The molecule has 2 aromatic carbocycles. The Morgan fingerprint density at radius 3 is 2.61 bits per heavy atom. The number of aromatic amines is 2. The Hall–Kier alpha value is -2.89. The number of amides is 1. The first-order valence-corrected chi connectivity index (χ1v) is 7.25. The van der Waals surface area contributed by atoms with Gasteiger partial charge in [-0.05, 0) is 36.2 Å². The molecule has 0 saturated carbocycles. The van der Waals surface area contributed by atoms with Gasteiger partial charge in [0.1, 0.15) is 5.82 Å². The first-order chi connectivity index (χ1) is 11.0. The van der Waals surface area contributed by atoms with Crippen LogP contribution in [0.25, 0.3) is 11.0 Å². The molecule has 3 rings (SSSR count). The van der Waals surface area contributed by atoms with Crippen LogP contribution in [0.5, 0.6) is 0 Å². The number of imidazole rings is 1. The van der Waals surface area contributed by atoms with Crippen molar-refractivity contribution in [2.24, 2.45) is 0 Å². The number of benzene rings is 2. The first kappa shape index (κ1) is 15.0. The number of hydrogen-bond donors (Lipinski definition) is 2. The summed E-state index contributed by atoms with van der Waals surface area (Å²) < 4.78 is 12.9. The van der Waals surface area contributed by atoms with E-state index in [0.717, 1.165) is 5.56 Å². The van der Waals surface area contributed by atoms with Gasteiger partial charge in [0.05, 0.1) is 16.6 Å². The largest absolute Gasteiger partial charge is 0.341 e. The van der Waals surface area contributed by atoms with Gasteiger partial charge >= 0.3 is 5.69 Å². The normalized spacial score (nSPS) is 10.9. The summed E-state index contributed by atoms with van der Waals surface area (Å²) in [5, 5.41) is 0. The van der Waals surface area contributed by atoms with Gasteiger partial charge in [0.15, 0.2) is 0 Å². The van der Waals surface area contributed by atoms with Crippen LogP contribution in [-0.4, -0.2) is 34.4 Å². The van der Waals surface area contributed by atoms with Gasteiger partial charge in [-0.15, -0.1) is 0 Å². The number of hydrogen-bond acceptors (Lipinski definition) is 2. The SMILES string of the molecule is CN(CCc1ccc(F)cc1)C(=O)c1cccc2[nH]c(=O)[nH]c12. The third-order valence-corrected chi connectivity index (χ3v) is 3.78. The summed E-state index contributed by atoms with van der Waals surface area (Å²) >= 11 is 0. The Morgan fingerprint density at radius 1 is 1.13 bits per heavy atom. The van der Waals surface area contributed by atoms with E-state index in [1.165, 1.54) is 12.1 Å². The minimum Gasteiger partial charge on any atom is -0.341 e. The second kappa shape index (κ2) is 6.08. The Balaban J connectivity index is 1.76. The molecule has 23 heavy (non-hydrogen) atoms. The van der Waals surface area contributed by atoms with Crippen molar-refractivity contribution in [1.82, 2.24) is 14.9 Å². The highest BCUT2D eigenvalue weighted by atomic mass is 19.1. The van der Waals surface area contributed by atoms with Gasteiger partial charge in [-0.25, -0.2) is 9.18 Å². The number of nitrogens with one attached hydrogen (secondary N) is 2. The highest BCUT2D eigenvalue weighted by Crippen LogP contribution is 2.15. The van der Waals surface area contributed by atoms with Crippen LogP contribution >= 0.6 is 0 Å². The lowest BCUT2D eigenvalue weighted by Crippen LogP contribution is -2.29.